The molecule has 0 spiro atoms. The second-order valence-corrected chi connectivity index (χ2v) is 3.53. The Balaban J connectivity index is 2.61. The van der Waals surface area contributed by atoms with Gasteiger partial charge in [-0.1, -0.05) is 0 Å². The molecule has 0 saturated heterocycles. The zero-order valence-corrected chi connectivity index (χ0v) is 8.75. The Bertz CT molecular complexity index is 339. The summed E-state index contributed by atoms with van der Waals surface area (Å²) < 4.78 is 36.9. The zero-order valence-electron chi connectivity index (χ0n) is 8.75. The summed E-state index contributed by atoms with van der Waals surface area (Å²) in [6.45, 7) is 2.21. The fourth-order valence-corrected chi connectivity index (χ4v) is 1.16. The van der Waals surface area contributed by atoms with Gasteiger partial charge in [-0.2, -0.15) is 13.2 Å². The molecule has 0 aliphatic rings. The minimum Gasteiger partial charge on any atom is -0.392 e. The summed E-state index contributed by atoms with van der Waals surface area (Å²) in [6, 6.07) is 2.50. The van der Waals surface area contributed by atoms with E-state index in [2.05, 4.69) is 10.3 Å². The minimum atomic E-state index is -4.42. The van der Waals surface area contributed by atoms with E-state index in [1.165, 1.54) is 6.07 Å². The van der Waals surface area contributed by atoms with Gasteiger partial charge in [-0.3, -0.25) is 4.98 Å². The predicted octanol–water partition coefficient (Wildman–Crippen LogP) is 1.57. The van der Waals surface area contributed by atoms with Gasteiger partial charge in [0.2, 0.25) is 0 Å². The van der Waals surface area contributed by atoms with Crippen LogP contribution in [-0.2, 0) is 12.7 Å². The summed E-state index contributed by atoms with van der Waals surface area (Å²) in [5.74, 6) is 0. The van der Waals surface area contributed by atoms with Crippen LogP contribution in [0.25, 0.3) is 0 Å². The third-order valence-corrected chi connectivity index (χ3v) is 1.88. The Kier molecular flexibility index (Phi) is 4.26. The Labute approximate surface area is 91.3 Å². The van der Waals surface area contributed by atoms with Crippen molar-refractivity contribution in [3.8, 4) is 0 Å². The molecule has 3 nitrogen and oxygen atoms in total. The summed E-state index contributed by atoms with van der Waals surface area (Å²) in [7, 11) is 0. The van der Waals surface area contributed by atoms with Crippen molar-refractivity contribution in [3.05, 3.63) is 29.6 Å². The molecular formula is C10H13F3N2O. The van der Waals surface area contributed by atoms with Gasteiger partial charge in [0.05, 0.1) is 6.10 Å². The molecule has 0 amide bonds. The number of aromatic nitrogens is 1. The van der Waals surface area contributed by atoms with Crippen LogP contribution in [0.4, 0.5) is 13.2 Å². The van der Waals surface area contributed by atoms with E-state index in [1.54, 1.807) is 6.92 Å². The third-order valence-electron chi connectivity index (χ3n) is 1.88. The molecule has 6 heteroatoms. The maximum atomic E-state index is 12.3. The summed E-state index contributed by atoms with van der Waals surface area (Å²) in [5, 5.41) is 11.8. The van der Waals surface area contributed by atoms with Gasteiger partial charge in [0, 0.05) is 19.3 Å². The van der Waals surface area contributed by atoms with Gasteiger partial charge in [-0.05, 0) is 24.6 Å². The number of nitrogens with one attached hydrogen (secondary N) is 1. The largest absolute Gasteiger partial charge is 0.433 e. The number of pyridine rings is 1. The molecule has 1 rings (SSSR count). The fraction of sp³-hybridized carbons (Fsp3) is 0.500. The number of halogens is 3. The molecule has 90 valence electrons. The van der Waals surface area contributed by atoms with Crippen LogP contribution in [0.15, 0.2) is 18.3 Å². The number of alkyl halides is 3. The van der Waals surface area contributed by atoms with Crippen molar-refractivity contribution < 1.29 is 18.3 Å². The highest BCUT2D eigenvalue weighted by Gasteiger charge is 2.32. The average Bonchev–Trinajstić information content (AvgIpc) is 2.16. The van der Waals surface area contributed by atoms with Crippen LogP contribution in [0.2, 0.25) is 0 Å². The SMILES string of the molecule is C[C@@H](O)CNCc1ccnc(C(F)(F)F)c1. The van der Waals surface area contributed by atoms with E-state index < -0.39 is 18.0 Å². The first-order valence-corrected chi connectivity index (χ1v) is 4.80. The lowest BCUT2D eigenvalue weighted by molar-refractivity contribution is -0.141. The highest BCUT2D eigenvalue weighted by atomic mass is 19.4. The van der Waals surface area contributed by atoms with Gasteiger partial charge in [0.15, 0.2) is 0 Å². The van der Waals surface area contributed by atoms with E-state index >= 15 is 0 Å². The summed E-state index contributed by atoms with van der Waals surface area (Å²) in [4.78, 5) is 3.25. The smallest absolute Gasteiger partial charge is 0.392 e. The molecule has 1 aromatic rings. The Hall–Kier alpha value is -1.14. The van der Waals surface area contributed by atoms with Crippen LogP contribution in [0.5, 0.6) is 0 Å². The van der Waals surface area contributed by atoms with Crippen molar-refractivity contribution >= 4 is 0 Å². The number of aliphatic hydroxyl groups is 1. The lowest BCUT2D eigenvalue weighted by Gasteiger charge is -2.09. The molecule has 16 heavy (non-hydrogen) atoms. The van der Waals surface area contributed by atoms with Crippen molar-refractivity contribution in [3.63, 3.8) is 0 Å². The number of hydrogen-bond donors (Lipinski definition) is 2. The Morgan fingerprint density at radius 1 is 1.50 bits per heavy atom. The van der Waals surface area contributed by atoms with Crippen LogP contribution >= 0.6 is 0 Å². The number of aliphatic hydroxyl groups excluding tert-OH is 1. The molecule has 0 aromatic carbocycles. The summed E-state index contributed by atoms with van der Waals surface area (Å²) in [6.07, 6.45) is -3.81. The monoisotopic (exact) mass is 234 g/mol. The Morgan fingerprint density at radius 3 is 2.75 bits per heavy atom. The number of nitrogens with zero attached hydrogens (tertiary/aromatic N) is 1. The van der Waals surface area contributed by atoms with E-state index in [9.17, 15) is 13.2 Å². The zero-order chi connectivity index (χ0) is 12.2. The molecule has 1 heterocycles. The predicted molar refractivity (Wildman–Crippen MR) is 52.6 cm³/mol. The summed E-state index contributed by atoms with van der Waals surface area (Å²) >= 11 is 0. The highest BCUT2D eigenvalue weighted by Crippen LogP contribution is 2.27. The van der Waals surface area contributed by atoms with E-state index in [0.29, 0.717) is 12.1 Å². The maximum absolute atomic E-state index is 12.3. The molecule has 1 aromatic heterocycles. The molecule has 0 unspecified atom stereocenters. The molecule has 0 radical (unpaired) electrons. The highest BCUT2D eigenvalue weighted by molar-refractivity contribution is 5.18. The molecule has 2 N–H and O–H groups in total. The van der Waals surface area contributed by atoms with E-state index in [4.69, 9.17) is 5.11 Å². The van der Waals surface area contributed by atoms with Crippen LogP contribution in [0, 0.1) is 0 Å². The van der Waals surface area contributed by atoms with Crippen molar-refractivity contribution in [1.29, 1.82) is 0 Å². The Morgan fingerprint density at radius 2 is 2.19 bits per heavy atom. The average molecular weight is 234 g/mol. The molecule has 0 fully saturated rings. The van der Waals surface area contributed by atoms with Gasteiger partial charge in [-0.15, -0.1) is 0 Å². The quantitative estimate of drug-likeness (QED) is 0.831. The normalized spacial score (nSPS) is 13.8. The van der Waals surface area contributed by atoms with Crippen LogP contribution in [0.1, 0.15) is 18.2 Å². The first kappa shape index (κ1) is 12.9. The van der Waals surface area contributed by atoms with Crippen LogP contribution in [-0.4, -0.2) is 22.7 Å². The molecule has 0 aliphatic carbocycles. The van der Waals surface area contributed by atoms with Crippen LogP contribution < -0.4 is 5.32 Å². The second-order valence-electron chi connectivity index (χ2n) is 3.53. The second kappa shape index (κ2) is 5.27. The van der Waals surface area contributed by atoms with Crippen LogP contribution in [0.3, 0.4) is 0 Å². The van der Waals surface area contributed by atoms with E-state index in [0.717, 1.165) is 12.3 Å². The first-order chi connectivity index (χ1) is 7.39. The van der Waals surface area contributed by atoms with Gasteiger partial charge in [-0.25, -0.2) is 0 Å². The summed E-state index contributed by atoms with van der Waals surface area (Å²) in [5.41, 5.74) is -0.410. The maximum Gasteiger partial charge on any atom is 0.433 e. The van der Waals surface area contributed by atoms with Crippen molar-refractivity contribution in [1.82, 2.24) is 10.3 Å². The molecule has 0 aliphatic heterocycles. The third kappa shape index (κ3) is 4.16. The standard InChI is InChI=1S/C10H13F3N2O/c1-7(16)5-14-6-8-2-3-15-9(4-8)10(11,12)13/h2-4,7,14,16H,5-6H2,1H3/t7-/m1/s1. The molecular weight excluding hydrogens is 221 g/mol. The van der Waals surface area contributed by atoms with Gasteiger partial charge in [0.1, 0.15) is 5.69 Å². The van der Waals surface area contributed by atoms with Gasteiger partial charge >= 0.3 is 6.18 Å². The molecule has 0 saturated carbocycles. The molecule has 0 bridgehead atoms. The van der Waals surface area contributed by atoms with Gasteiger partial charge in [0.25, 0.3) is 0 Å². The van der Waals surface area contributed by atoms with Gasteiger partial charge < -0.3 is 10.4 Å². The topological polar surface area (TPSA) is 45.1 Å². The van der Waals surface area contributed by atoms with E-state index in [1.807, 2.05) is 0 Å². The minimum absolute atomic E-state index is 0.274. The lowest BCUT2D eigenvalue weighted by Crippen LogP contribution is -2.24. The molecule has 1 atom stereocenters. The lowest BCUT2D eigenvalue weighted by atomic mass is 10.2. The fourth-order valence-electron chi connectivity index (χ4n) is 1.16. The first-order valence-electron chi connectivity index (χ1n) is 4.80. The van der Waals surface area contributed by atoms with Crippen molar-refractivity contribution in [2.75, 3.05) is 6.54 Å². The number of rotatable bonds is 4. The van der Waals surface area contributed by atoms with E-state index in [-0.39, 0.29) is 6.54 Å². The van der Waals surface area contributed by atoms with Crippen molar-refractivity contribution in [2.24, 2.45) is 0 Å². The number of hydrogen-bond acceptors (Lipinski definition) is 3. The van der Waals surface area contributed by atoms with Crippen molar-refractivity contribution in [2.45, 2.75) is 25.7 Å².